The molecule has 6 nitrogen and oxygen atoms in total. The average molecular weight is 423 g/mol. The highest BCUT2D eigenvalue weighted by Gasteiger charge is 2.30. The number of hydrogen-bond acceptors (Lipinski definition) is 5. The Kier molecular flexibility index (Phi) is 6.01. The number of aromatic nitrogens is 1. The van der Waals surface area contributed by atoms with Crippen LogP contribution < -0.4 is 10.1 Å². The van der Waals surface area contributed by atoms with Crippen LogP contribution in [0.3, 0.4) is 0 Å². The van der Waals surface area contributed by atoms with E-state index in [1.165, 1.54) is 0 Å². The monoisotopic (exact) mass is 422 g/mol. The zero-order valence-electron chi connectivity index (χ0n) is 18.3. The highest BCUT2D eigenvalue weighted by Crippen LogP contribution is 2.35. The third-order valence-corrected chi connectivity index (χ3v) is 6.12. The maximum Gasteiger partial charge on any atom is 0.347 e. The number of carbonyl (C=O) groups is 1. The molecule has 1 unspecified atom stereocenters. The molecule has 0 bridgehead atoms. The Morgan fingerprint density at radius 1 is 1.16 bits per heavy atom. The molecule has 2 N–H and O–H groups in total. The van der Waals surface area contributed by atoms with Gasteiger partial charge in [-0.3, -0.25) is 0 Å². The van der Waals surface area contributed by atoms with E-state index >= 15 is 0 Å². The first kappa shape index (κ1) is 21.4. The van der Waals surface area contributed by atoms with Crippen molar-refractivity contribution in [2.75, 3.05) is 0 Å². The number of aliphatic carboxylic acids is 1. The van der Waals surface area contributed by atoms with Crippen molar-refractivity contribution in [3.63, 3.8) is 0 Å². The van der Waals surface area contributed by atoms with Gasteiger partial charge >= 0.3 is 5.97 Å². The van der Waals surface area contributed by atoms with Gasteiger partial charge in [-0.2, -0.15) is 0 Å². The maximum absolute atomic E-state index is 11.3. The maximum atomic E-state index is 11.3. The Labute approximate surface area is 182 Å². The van der Waals surface area contributed by atoms with Gasteiger partial charge in [-0.1, -0.05) is 24.3 Å². The van der Waals surface area contributed by atoms with E-state index < -0.39 is 11.6 Å². The number of benzene rings is 2. The lowest BCUT2D eigenvalue weighted by Gasteiger charge is -2.30. The average Bonchev–Trinajstić information content (AvgIpc) is 3.18. The summed E-state index contributed by atoms with van der Waals surface area (Å²) in [6.45, 7) is 5.24. The van der Waals surface area contributed by atoms with Gasteiger partial charge in [0.25, 0.3) is 0 Å². The third-order valence-electron chi connectivity index (χ3n) is 6.12. The van der Waals surface area contributed by atoms with Gasteiger partial charge in [-0.15, -0.1) is 0 Å². The van der Waals surface area contributed by atoms with Crippen LogP contribution >= 0.6 is 0 Å². The van der Waals surface area contributed by atoms with Crippen molar-refractivity contribution in [3.05, 3.63) is 60.0 Å². The first-order valence-corrected chi connectivity index (χ1v) is 11.0. The number of nitrogens with one attached hydrogen (secondary N) is 1. The third kappa shape index (κ3) is 4.90. The van der Waals surface area contributed by atoms with Crippen LogP contribution in [0.25, 0.3) is 11.1 Å². The molecule has 6 heteroatoms. The second kappa shape index (κ2) is 8.71. The predicted octanol–water partition coefficient (Wildman–Crippen LogP) is 5.45. The van der Waals surface area contributed by atoms with E-state index in [4.69, 9.17) is 9.15 Å². The Bertz CT molecular complexity index is 1020. The molecule has 2 aromatic carbocycles. The fourth-order valence-corrected chi connectivity index (χ4v) is 4.21. The lowest BCUT2D eigenvalue weighted by atomic mass is 9.85. The van der Waals surface area contributed by atoms with E-state index in [9.17, 15) is 9.90 Å². The summed E-state index contributed by atoms with van der Waals surface area (Å²) in [7, 11) is 0. The number of carboxylic acids is 1. The molecule has 3 aromatic rings. The van der Waals surface area contributed by atoms with Gasteiger partial charge in [0.05, 0.1) is 0 Å². The van der Waals surface area contributed by atoms with Crippen molar-refractivity contribution in [3.8, 4) is 5.75 Å². The van der Waals surface area contributed by atoms with Crippen LogP contribution in [0.4, 0.5) is 0 Å². The number of fused-ring (bicyclic) bond motifs is 1. The molecule has 1 aliphatic carbocycles. The molecule has 1 aliphatic rings. The first-order valence-electron chi connectivity index (χ1n) is 11.0. The molecule has 1 heterocycles. The normalized spacial score (nSPS) is 20.5. The van der Waals surface area contributed by atoms with E-state index in [2.05, 4.69) is 17.2 Å². The quantitative estimate of drug-likeness (QED) is 0.527. The molecule has 0 spiro atoms. The minimum atomic E-state index is -1.27. The largest absolute Gasteiger partial charge is 0.478 e. The van der Waals surface area contributed by atoms with E-state index in [1.807, 2.05) is 42.5 Å². The zero-order valence-corrected chi connectivity index (χ0v) is 18.3. The minimum absolute atomic E-state index is 0.141. The Hall–Kier alpha value is -2.86. The molecular formula is C25H30N2O4. The van der Waals surface area contributed by atoms with Crippen molar-refractivity contribution in [1.82, 2.24) is 10.3 Å². The van der Waals surface area contributed by atoms with E-state index in [0.717, 1.165) is 48.2 Å². The smallest absolute Gasteiger partial charge is 0.347 e. The number of hydrogen-bond donors (Lipinski definition) is 2. The molecule has 1 fully saturated rings. The van der Waals surface area contributed by atoms with Gasteiger partial charge in [0.1, 0.15) is 11.3 Å². The molecule has 0 saturated heterocycles. The molecule has 1 saturated carbocycles. The molecule has 164 valence electrons. The van der Waals surface area contributed by atoms with Crippen molar-refractivity contribution >= 4 is 17.1 Å². The number of rotatable bonds is 7. The fourth-order valence-electron chi connectivity index (χ4n) is 4.21. The molecule has 1 aromatic heterocycles. The number of oxazole rings is 1. The van der Waals surface area contributed by atoms with Gasteiger partial charge in [-0.05, 0) is 76.3 Å². The Morgan fingerprint density at radius 3 is 2.61 bits per heavy atom. The molecule has 0 amide bonds. The molecule has 0 radical (unpaired) electrons. The highest BCUT2D eigenvalue weighted by molar-refractivity contribution is 5.76. The highest BCUT2D eigenvalue weighted by atomic mass is 16.5. The fraction of sp³-hybridized carbons (Fsp3) is 0.440. The summed E-state index contributed by atoms with van der Waals surface area (Å²) in [5.41, 5.74) is 1.61. The molecule has 4 rings (SSSR count). The molecule has 1 atom stereocenters. The van der Waals surface area contributed by atoms with Gasteiger partial charge < -0.3 is 19.6 Å². The standard InChI is InChI=1S/C25H30N2O4/c1-16(18-7-6-8-20(15-18)31-25(2,3)24(28)29)26-19-13-11-17(12-14-19)23-27-21-9-4-5-10-22(21)30-23/h4-10,15-17,19,26H,11-14H2,1-3H3,(H,28,29). The van der Waals surface area contributed by atoms with E-state index in [-0.39, 0.29) is 6.04 Å². The number of nitrogens with zero attached hydrogens (tertiary/aromatic N) is 1. The van der Waals surface area contributed by atoms with E-state index in [1.54, 1.807) is 19.9 Å². The molecule has 31 heavy (non-hydrogen) atoms. The van der Waals surface area contributed by atoms with Gasteiger partial charge in [0.2, 0.25) is 0 Å². The second-order valence-electron chi connectivity index (χ2n) is 8.95. The second-order valence-corrected chi connectivity index (χ2v) is 8.95. The summed E-state index contributed by atoms with van der Waals surface area (Å²) in [6, 6.07) is 16.2. The van der Waals surface area contributed by atoms with Gasteiger partial charge in [0, 0.05) is 18.0 Å². The summed E-state index contributed by atoms with van der Waals surface area (Å²) in [5.74, 6) is 0.812. The van der Waals surface area contributed by atoms with Crippen LogP contribution in [0.5, 0.6) is 5.75 Å². The predicted molar refractivity (Wildman–Crippen MR) is 119 cm³/mol. The summed E-state index contributed by atoms with van der Waals surface area (Å²) < 4.78 is 11.7. The minimum Gasteiger partial charge on any atom is -0.478 e. The molecular weight excluding hydrogens is 392 g/mol. The topological polar surface area (TPSA) is 84.6 Å². The Morgan fingerprint density at radius 2 is 1.90 bits per heavy atom. The van der Waals surface area contributed by atoms with Gasteiger partial charge in [-0.25, -0.2) is 9.78 Å². The number of para-hydroxylation sites is 2. The van der Waals surface area contributed by atoms with E-state index in [0.29, 0.717) is 17.7 Å². The lowest BCUT2D eigenvalue weighted by Crippen LogP contribution is -2.38. The summed E-state index contributed by atoms with van der Waals surface area (Å²) >= 11 is 0. The van der Waals surface area contributed by atoms with Crippen molar-refractivity contribution < 1.29 is 19.1 Å². The SMILES string of the molecule is CC(NC1CCC(c2nc3ccccc3o2)CC1)c1cccc(OC(C)(C)C(=O)O)c1. The zero-order chi connectivity index (χ0) is 22.0. The van der Waals surface area contributed by atoms with Gasteiger partial charge in [0.15, 0.2) is 17.1 Å². The summed E-state index contributed by atoms with van der Waals surface area (Å²) in [4.78, 5) is 16.0. The number of ether oxygens (including phenoxy) is 1. The Balaban J connectivity index is 1.34. The first-order chi connectivity index (χ1) is 14.8. The number of carboxylic acid groups (broad SMARTS) is 1. The molecule has 0 aliphatic heterocycles. The summed E-state index contributed by atoms with van der Waals surface area (Å²) in [5, 5.41) is 13.0. The van der Waals surface area contributed by atoms with Crippen LogP contribution in [-0.4, -0.2) is 27.7 Å². The van der Waals surface area contributed by atoms with Crippen molar-refractivity contribution in [1.29, 1.82) is 0 Å². The van der Waals surface area contributed by atoms with Crippen LogP contribution in [0.1, 0.15) is 69.9 Å². The van der Waals surface area contributed by atoms with Crippen LogP contribution in [0.2, 0.25) is 0 Å². The summed E-state index contributed by atoms with van der Waals surface area (Å²) in [6.07, 6.45) is 4.23. The van der Waals surface area contributed by atoms with Crippen LogP contribution in [0, 0.1) is 0 Å². The lowest BCUT2D eigenvalue weighted by molar-refractivity contribution is -0.152. The van der Waals surface area contributed by atoms with Crippen molar-refractivity contribution in [2.24, 2.45) is 0 Å². The van der Waals surface area contributed by atoms with Crippen LogP contribution in [-0.2, 0) is 4.79 Å². The van der Waals surface area contributed by atoms with Crippen molar-refractivity contribution in [2.45, 2.75) is 70.1 Å². The van der Waals surface area contributed by atoms with Crippen LogP contribution in [0.15, 0.2) is 52.9 Å².